The van der Waals surface area contributed by atoms with E-state index in [1.165, 1.54) is 14.0 Å². The van der Waals surface area contributed by atoms with Crippen molar-refractivity contribution < 1.29 is 67.7 Å². The van der Waals surface area contributed by atoms with Crippen LogP contribution in [0, 0.1) is 23.7 Å². The van der Waals surface area contributed by atoms with Gasteiger partial charge in [0.15, 0.2) is 18.7 Å². The average molecular weight is 1020 g/mol. The number of likely N-dealkylation sites (N-methyl/N-ethyl adjacent to an activating group) is 1. The lowest BCUT2D eigenvalue weighted by atomic mass is 9.73. The molecule has 18 atom stereocenters. The van der Waals surface area contributed by atoms with Crippen LogP contribution in [0.3, 0.4) is 0 Å². The van der Waals surface area contributed by atoms with Crippen LogP contribution in [0.5, 0.6) is 0 Å². The highest BCUT2D eigenvalue weighted by Crippen LogP contribution is 2.42. The first-order valence-electron chi connectivity index (χ1n) is 26.4. The van der Waals surface area contributed by atoms with Crippen molar-refractivity contribution in [2.45, 2.75) is 199 Å². The maximum atomic E-state index is 14.8. The highest BCUT2D eigenvalue weighted by atomic mass is 16.7. The number of oxime groups is 1. The lowest BCUT2D eigenvalue weighted by molar-refractivity contribution is -0.934. The number of carbonyl (C=O) groups is 1. The summed E-state index contributed by atoms with van der Waals surface area (Å²) in [6, 6.07) is 29.7. The van der Waals surface area contributed by atoms with Crippen molar-refractivity contribution >= 4 is 11.7 Å². The number of cyclic esters (lactones) is 1. The molecule has 406 valence electrons. The van der Waals surface area contributed by atoms with E-state index in [2.05, 4.69) is 31.4 Å². The molecule has 0 radical (unpaired) electrons. The second-order valence-corrected chi connectivity index (χ2v) is 22.6. The smallest absolute Gasteiger partial charge is 0.311 e. The SMILES string of the molecule is CC[C@H]1OC(=O)[C@H](C)[C@@H](O[C@H]2C[C@@](C)(OC)[C@@H](O)[C@H](C)O2)[C@H](C)[C@@H](O[C@@H]2O[C@H](C)C[C@H]([N+](C)(C)Cc3ccccc3)[C@H]2OCc2ccccc2)[C@](C)(O)C[C@@H](C)/C(=N\OCc2ccccc2)[C@H](C)[C@@H](O)[C@]1(C)O. The molecule has 3 aliphatic rings. The van der Waals surface area contributed by atoms with Gasteiger partial charge >= 0.3 is 5.97 Å². The summed E-state index contributed by atoms with van der Waals surface area (Å²) >= 11 is 0. The van der Waals surface area contributed by atoms with E-state index in [9.17, 15) is 25.2 Å². The number of benzene rings is 3. The fourth-order valence-corrected chi connectivity index (χ4v) is 11.6. The van der Waals surface area contributed by atoms with Crippen molar-refractivity contribution in [3.8, 4) is 0 Å². The van der Waals surface area contributed by atoms with Gasteiger partial charge in [0.25, 0.3) is 0 Å². The fraction of sp³-hybridized carbons (Fsp3) is 0.655. The van der Waals surface area contributed by atoms with E-state index in [-0.39, 0.29) is 44.6 Å². The van der Waals surface area contributed by atoms with Crippen molar-refractivity contribution in [3.05, 3.63) is 108 Å². The van der Waals surface area contributed by atoms with E-state index in [0.29, 0.717) is 23.2 Å². The molecule has 0 bridgehead atoms. The molecule has 3 aromatic rings. The van der Waals surface area contributed by atoms with E-state index in [1.807, 2.05) is 99.6 Å². The van der Waals surface area contributed by atoms with Crippen molar-refractivity contribution in [2.24, 2.45) is 28.8 Å². The molecular formula is C58H87N2O13+. The Kier molecular flexibility index (Phi) is 19.9. The maximum Gasteiger partial charge on any atom is 0.311 e. The van der Waals surface area contributed by atoms with Crippen LogP contribution in [0.1, 0.15) is 112 Å². The summed E-state index contributed by atoms with van der Waals surface area (Å²) in [5.74, 6) is -4.05. The van der Waals surface area contributed by atoms with Crippen molar-refractivity contribution in [1.29, 1.82) is 0 Å². The van der Waals surface area contributed by atoms with Crippen LogP contribution in [-0.2, 0) is 62.5 Å². The van der Waals surface area contributed by atoms with Crippen LogP contribution in [0.4, 0.5) is 0 Å². The van der Waals surface area contributed by atoms with Crippen LogP contribution in [-0.4, -0.2) is 142 Å². The maximum absolute atomic E-state index is 14.8. The second-order valence-electron chi connectivity index (χ2n) is 22.6. The summed E-state index contributed by atoms with van der Waals surface area (Å²) in [6.07, 6.45) is -8.66. The molecule has 3 heterocycles. The molecular weight excluding hydrogens is 933 g/mol. The summed E-state index contributed by atoms with van der Waals surface area (Å²) in [7, 11) is 5.91. The Morgan fingerprint density at radius 2 is 1.32 bits per heavy atom. The highest BCUT2D eigenvalue weighted by molar-refractivity contribution is 5.88. The van der Waals surface area contributed by atoms with Crippen LogP contribution >= 0.6 is 0 Å². The highest BCUT2D eigenvalue weighted by Gasteiger charge is 2.55. The predicted molar refractivity (Wildman–Crippen MR) is 277 cm³/mol. The third kappa shape index (κ3) is 14.2. The molecule has 0 saturated carbocycles. The molecule has 4 N–H and O–H groups in total. The standard InChI is InChI=1S/C58H87N2O13/c1-14-46-58(10,65)51(61)38(4)48(59-68-35-44-28-22-17-23-29-44)36(2)31-56(8,64)53(39(5)49(40(6)54(63)71-46)72-47-32-57(9,66-13)52(62)41(7)70-47)73-55-50(67-34-43-26-20-16-21-27-43)45(30-37(3)69-55)60(11,12)33-42-24-18-15-19-25-42/h15-29,36-41,45-47,49-53,55,61-62,64-65H,14,30-35H2,1-13H3/q+1/b59-48+/t36-,37-,38+,39+,40-,41+,45+,46-,47+,49+,50-,51-,52+,53-,55+,56-,57-,58-/m1/s1. The number of quaternary nitrogens is 1. The summed E-state index contributed by atoms with van der Waals surface area (Å²) < 4.78 is 47.3. The first-order chi connectivity index (χ1) is 34.4. The number of methoxy groups -OCH3 is 1. The molecule has 6 rings (SSSR count). The molecule has 0 aromatic heterocycles. The molecule has 15 nitrogen and oxygen atoms in total. The summed E-state index contributed by atoms with van der Waals surface area (Å²) in [4.78, 5) is 20.8. The van der Waals surface area contributed by atoms with Crippen LogP contribution in [0.25, 0.3) is 0 Å². The number of ether oxygens (including phenoxy) is 7. The molecule has 3 aromatic carbocycles. The summed E-state index contributed by atoms with van der Waals surface area (Å²) in [5, 5.41) is 53.8. The molecule has 0 amide bonds. The quantitative estimate of drug-likeness (QED) is 0.0660. The van der Waals surface area contributed by atoms with Crippen molar-refractivity contribution in [3.63, 3.8) is 0 Å². The zero-order valence-electron chi connectivity index (χ0n) is 45.6. The fourth-order valence-electron chi connectivity index (χ4n) is 11.6. The van der Waals surface area contributed by atoms with Gasteiger partial charge in [-0.25, -0.2) is 0 Å². The van der Waals surface area contributed by atoms with Gasteiger partial charge in [0.05, 0.1) is 74.1 Å². The first-order valence-corrected chi connectivity index (χ1v) is 26.4. The number of aliphatic hydroxyl groups is 4. The summed E-state index contributed by atoms with van der Waals surface area (Å²) in [5.41, 5.74) is -1.41. The third-order valence-corrected chi connectivity index (χ3v) is 16.0. The Labute approximate surface area is 434 Å². The van der Waals surface area contributed by atoms with Gasteiger partial charge in [-0.3, -0.25) is 4.79 Å². The predicted octanol–water partition coefficient (Wildman–Crippen LogP) is 7.73. The number of nitrogens with zero attached hydrogens (tertiary/aromatic N) is 2. The normalized spacial score (nSPS) is 38.8. The van der Waals surface area contributed by atoms with E-state index in [0.717, 1.165) is 16.7 Å². The molecule has 3 fully saturated rings. The number of aliphatic hydroxyl groups excluding tert-OH is 2. The topological polar surface area (TPSA) is 184 Å². The molecule has 0 unspecified atom stereocenters. The number of esters is 1. The monoisotopic (exact) mass is 1020 g/mol. The van der Waals surface area contributed by atoms with Gasteiger partial charge in [0, 0.05) is 43.3 Å². The molecule has 0 spiro atoms. The van der Waals surface area contributed by atoms with Gasteiger partial charge in [-0.15, -0.1) is 0 Å². The van der Waals surface area contributed by atoms with E-state index < -0.39 is 102 Å². The van der Waals surface area contributed by atoms with E-state index in [1.54, 1.807) is 41.5 Å². The molecule has 15 heteroatoms. The average Bonchev–Trinajstić information content (AvgIpc) is 3.35. The van der Waals surface area contributed by atoms with E-state index in [4.69, 9.17) is 38.0 Å². The van der Waals surface area contributed by atoms with Crippen molar-refractivity contribution in [2.75, 3.05) is 21.2 Å². The number of hydrogen-bond acceptors (Lipinski definition) is 14. The zero-order valence-corrected chi connectivity index (χ0v) is 45.6. The lowest BCUT2D eigenvalue weighted by Crippen LogP contribution is -2.64. The van der Waals surface area contributed by atoms with Gasteiger partial charge in [-0.1, -0.05) is 124 Å². The van der Waals surface area contributed by atoms with Crippen LogP contribution in [0.2, 0.25) is 0 Å². The van der Waals surface area contributed by atoms with Gasteiger partial charge in [0.1, 0.15) is 37.0 Å². The Morgan fingerprint density at radius 1 is 0.740 bits per heavy atom. The zero-order chi connectivity index (χ0) is 53.5. The van der Waals surface area contributed by atoms with Gasteiger partial charge in [-0.05, 0) is 65.5 Å². The van der Waals surface area contributed by atoms with Crippen molar-refractivity contribution in [1.82, 2.24) is 0 Å². The van der Waals surface area contributed by atoms with Gasteiger partial charge < -0.3 is 62.9 Å². The van der Waals surface area contributed by atoms with Crippen LogP contribution < -0.4 is 0 Å². The number of rotatable bonds is 15. The molecule has 0 aliphatic carbocycles. The minimum Gasteiger partial charge on any atom is -0.459 e. The summed E-state index contributed by atoms with van der Waals surface area (Å²) in [6.45, 7) is 18.8. The van der Waals surface area contributed by atoms with Gasteiger partial charge in [-0.2, -0.15) is 0 Å². The Balaban J connectivity index is 1.49. The lowest BCUT2D eigenvalue weighted by Gasteiger charge is -2.51. The minimum atomic E-state index is -1.96. The molecule has 3 saturated heterocycles. The van der Waals surface area contributed by atoms with Crippen LogP contribution in [0.15, 0.2) is 96.2 Å². The first kappa shape index (κ1) is 58.4. The Hall–Kier alpha value is -3.84. The Morgan fingerprint density at radius 3 is 1.89 bits per heavy atom. The Bertz CT molecular complexity index is 2200. The molecule has 73 heavy (non-hydrogen) atoms. The second kappa shape index (κ2) is 24.9. The molecule has 3 aliphatic heterocycles. The van der Waals surface area contributed by atoms with E-state index >= 15 is 0 Å². The largest absolute Gasteiger partial charge is 0.459 e. The minimum absolute atomic E-state index is 0.0131. The third-order valence-electron chi connectivity index (χ3n) is 16.0. The number of hydrogen-bond donors (Lipinski definition) is 4. The number of carbonyl (C=O) groups excluding carboxylic acids is 1. The van der Waals surface area contributed by atoms with Gasteiger partial charge in [0.2, 0.25) is 0 Å².